The Morgan fingerprint density at radius 1 is 1.12 bits per heavy atom. The van der Waals surface area contributed by atoms with E-state index in [0.717, 1.165) is 5.56 Å². The lowest BCUT2D eigenvalue weighted by atomic mass is 10.1. The van der Waals surface area contributed by atoms with Gasteiger partial charge in [0.1, 0.15) is 6.61 Å². The number of aliphatic hydroxyl groups excluding tert-OH is 1. The summed E-state index contributed by atoms with van der Waals surface area (Å²) in [5.74, 6) is -0.414. The van der Waals surface area contributed by atoms with Gasteiger partial charge in [0.05, 0.1) is 13.2 Å². The smallest absolute Gasteiger partial charge is 0.504 e. The highest BCUT2D eigenvalue weighted by molar-refractivity contribution is 5.59. The van der Waals surface area contributed by atoms with Crippen LogP contribution in [0.1, 0.15) is 5.56 Å². The molecule has 3 N–H and O–H groups in total. The maximum atomic E-state index is 10.9. The van der Waals surface area contributed by atoms with Gasteiger partial charge < -0.3 is 24.8 Å². The number of benzene rings is 1. The average molecular weight is 242 g/mol. The van der Waals surface area contributed by atoms with Crippen molar-refractivity contribution in [3.63, 3.8) is 0 Å². The third kappa shape index (κ3) is 4.60. The van der Waals surface area contributed by atoms with Crippen molar-refractivity contribution in [2.75, 3.05) is 19.8 Å². The topological polar surface area (TPSA) is 96.2 Å². The minimum atomic E-state index is -0.845. The van der Waals surface area contributed by atoms with E-state index in [0.29, 0.717) is 6.42 Å². The van der Waals surface area contributed by atoms with Gasteiger partial charge >= 0.3 is 6.16 Å². The zero-order valence-electron chi connectivity index (χ0n) is 9.13. The largest absolute Gasteiger partial charge is 0.508 e. The van der Waals surface area contributed by atoms with Crippen molar-refractivity contribution >= 4 is 6.16 Å². The Balaban J connectivity index is 2.30. The molecule has 0 spiro atoms. The molecule has 0 aliphatic rings. The normalized spacial score (nSPS) is 9.94. The predicted octanol–water partition coefficient (Wildman–Crippen LogP) is 0.786. The van der Waals surface area contributed by atoms with E-state index >= 15 is 0 Å². The highest BCUT2D eigenvalue weighted by atomic mass is 16.7. The molecule has 0 heterocycles. The van der Waals surface area contributed by atoms with Crippen molar-refractivity contribution in [3.05, 3.63) is 23.8 Å². The zero-order valence-corrected chi connectivity index (χ0v) is 9.13. The summed E-state index contributed by atoms with van der Waals surface area (Å²) in [6.07, 6.45) is -0.454. The Morgan fingerprint density at radius 3 is 2.47 bits per heavy atom. The maximum Gasteiger partial charge on any atom is 0.508 e. The summed E-state index contributed by atoms with van der Waals surface area (Å²) in [6, 6.07) is 4.35. The number of phenols is 2. The number of hydrogen-bond donors (Lipinski definition) is 3. The number of aromatic hydroxyl groups is 2. The van der Waals surface area contributed by atoms with Gasteiger partial charge in [-0.05, 0) is 17.7 Å². The SMILES string of the molecule is O=C(OCCO)OCCc1ccc(O)c(O)c1. The van der Waals surface area contributed by atoms with Gasteiger partial charge in [-0.15, -0.1) is 0 Å². The minimum Gasteiger partial charge on any atom is -0.504 e. The van der Waals surface area contributed by atoms with Crippen LogP contribution in [-0.4, -0.2) is 41.3 Å². The Hall–Kier alpha value is -1.95. The zero-order chi connectivity index (χ0) is 12.7. The van der Waals surface area contributed by atoms with E-state index < -0.39 is 6.16 Å². The molecule has 1 aromatic rings. The molecule has 6 heteroatoms. The molecule has 17 heavy (non-hydrogen) atoms. The summed E-state index contributed by atoms with van der Waals surface area (Å²) in [7, 11) is 0. The molecule has 0 aliphatic carbocycles. The van der Waals surface area contributed by atoms with Crippen LogP contribution in [0.15, 0.2) is 18.2 Å². The first-order valence-corrected chi connectivity index (χ1v) is 5.04. The molecule has 0 saturated heterocycles. The fraction of sp³-hybridized carbons (Fsp3) is 0.364. The first-order valence-electron chi connectivity index (χ1n) is 5.04. The lowest BCUT2D eigenvalue weighted by Gasteiger charge is -2.06. The van der Waals surface area contributed by atoms with Crippen molar-refractivity contribution < 1.29 is 29.6 Å². The quantitative estimate of drug-likeness (QED) is 0.521. The first kappa shape index (κ1) is 13.1. The van der Waals surface area contributed by atoms with Gasteiger partial charge in [-0.2, -0.15) is 0 Å². The number of rotatable bonds is 5. The van der Waals surface area contributed by atoms with E-state index in [1.807, 2.05) is 0 Å². The van der Waals surface area contributed by atoms with Crippen molar-refractivity contribution in [2.24, 2.45) is 0 Å². The summed E-state index contributed by atoms with van der Waals surface area (Å²) in [4.78, 5) is 10.9. The van der Waals surface area contributed by atoms with Crippen LogP contribution in [0.5, 0.6) is 11.5 Å². The fourth-order valence-electron chi connectivity index (χ4n) is 1.15. The van der Waals surface area contributed by atoms with Gasteiger partial charge in [-0.1, -0.05) is 6.07 Å². The monoisotopic (exact) mass is 242 g/mol. The Bertz CT molecular complexity index is 376. The lowest BCUT2D eigenvalue weighted by Crippen LogP contribution is -2.12. The third-order valence-corrected chi connectivity index (χ3v) is 1.96. The Labute approximate surface area is 98.0 Å². The van der Waals surface area contributed by atoms with Crippen LogP contribution in [0, 0.1) is 0 Å². The molecule has 0 atom stereocenters. The number of aliphatic hydroxyl groups is 1. The summed E-state index contributed by atoms with van der Waals surface area (Å²) in [6.45, 7) is -0.256. The third-order valence-electron chi connectivity index (χ3n) is 1.96. The molecular weight excluding hydrogens is 228 g/mol. The van der Waals surface area contributed by atoms with E-state index in [1.54, 1.807) is 6.07 Å². The summed E-state index contributed by atoms with van der Waals surface area (Å²) >= 11 is 0. The van der Waals surface area contributed by atoms with Crippen molar-refractivity contribution in [1.29, 1.82) is 0 Å². The first-order chi connectivity index (χ1) is 8.13. The maximum absolute atomic E-state index is 10.9. The summed E-state index contributed by atoms with van der Waals surface area (Å²) in [5, 5.41) is 26.7. The van der Waals surface area contributed by atoms with E-state index in [9.17, 15) is 9.90 Å². The van der Waals surface area contributed by atoms with Crippen LogP contribution in [-0.2, 0) is 15.9 Å². The van der Waals surface area contributed by atoms with Gasteiger partial charge in [-0.3, -0.25) is 0 Å². The number of carbonyl (C=O) groups excluding carboxylic acids is 1. The second-order valence-corrected chi connectivity index (χ2v) is 3.24. The molecular formula is C11H14O6. The molecule has 0 amide bonds. The molecule has 94 valence electrons. The molecule has 0 aromatic heterocycles. The lowest BCUT2D eigenvalue weighted by molar-refractivity contribution is 0.0442. The standard InChI is InChI=1S/C11H14O6/c12-4-6-17-11(15)16-5-3-8-1-2-9(13)10(14)7-8/h1-2,7,12-14H,3-6H2. The van der Waals surface area contributed by atoms with Crippen molar-refractivity contribution in [2.45, 2.75) is 6.42 Å². The van der Waals surface area contributed by atoms with Crippen LogP contribution in [0.3, 0.4) is 0 Å². The second kappa shape index (κ2) is 6.59. The molecule has 1 aromatic carbocycles. The van der Waals surface area contributed by atoms with Crippen LogP contribution < -0.4 is 0 Å². The van der Waals surface area contributed by atoms with Crippen LogP contribution in [0.4, 0.5) is 4.79 Å². The number of carbonyl (C=O) groups is 1. The van der Waals surface area contributed by atoms with Gasteiger partial charge in [0.25, 0.3) is 0 Å². The van der Waals surface area contributed by atoms with Gasteiger partial charge in [0.2, 0.25) is 0 Å². The summed E-state index contributed by atoms with van der Waals surface area (Å²) < 4.78 is 9.17. The van der Waals surface area contributed by atoms with Crippen LogP contribution >= 0.6 is 0 Å². The molecule has 0 aliphatic heterocycles. The van der Waals surface area contributed by atoms with Gasteiger partial charge in [0, 0.05) is 6.42 Å². The Morgan fingerprint density at radius 2 is 1.82 bits per heavy atom. The minimum absolute atomic E-state index is 0.0917. The highest BCUT2D eigenvalue weighted by Gasteiger charge is 2.04. The predicted molar refractivity (Wildman–Crippen MR) is 57.9 cm³/mol. The molecule has 1 rings (SSSR count). The van der Waals surface area contributed by atoms with E-state index in [1.165, 1.54) is 12.1 Å². The summed E-state index contributed by atoms with van der Waals surface area (Å²) in [5.41, 5.74) is 0.718. The number of ether oxygens (including phenoxy) is 2. The van der Waals surface area contributed by atoms with Crippen molar-refractivity contribution in [1.82, 2.24) is 0 Å². The molecule has 6 nitrogen and oxygen atoms in total. The van der Waals surface area contributed by atoms with Gasteiger partial charge in [-0.25, -0.2) is 4.79 Å². The average Bonchev–Trinajstić information content (AvgIpc) is 2.31. The highest BCUT2D eigenvalue weighted by Crippen LogP contribution is 2.24. The van der Waals surface area contributed by atoms with Crippen LogP contribution in [0.25, 0.3) is 0 Å². The van der Waals surface area contributed by atoms with E-state index in [2.05, 4.69) is 4.74 Å². The molecule has 0 bridgehead atoms. The second-order valence-electron chi connectivity index (χ2n) is 3.24. The van der Waals surface area contributed by atoms with E-state index in [-0.39, 0.29) is 31.3 Å². The molecule has 0 fully saturated rings. The number of hydrogen-bond acceptors (Lipinski definition) is 6. The Kier molecular flexibility index (Phi) is 5.09. The van der Waals surface area contributed by atoms with Crippen LogP contribution in [0.2, 0.25) is 0 Å². The van der Waals surface area contributed by atoms with E-state index in [4.69, 9.17) is 14.9 Å². The van der Waals surface area contributed by atoms with Crippen molar-refractivity contribution in [3.8, 4) is 11.5 Å². The van der Waals surface area contributed by atoms with Gasteiger partial charge in [0.15, 0.2) is 11.5 Å². The molecule has 0 unspecified atom stereocenters. The number of phenolic OH excluding ortho intramolecular Hbond substituents is 2. The molecule has 0 saturated carbocycles. The fourth-order valence-corrected chi connectivity index (χ4v) is 1.15. The molecule has 0 radical (unpaired) electrons.